The Labute approximate surface area is 152 Å². The quantitative estimate of drug-likeness (QED) is 0.540. The molecule has 8 nitrogen and oxygen atoms in total. The number of allylic oxidation sites excluding steroid dienone is 1. The standard InChI is InChI=1S/C18H24N2O6/c1-5-25-8-9-26-17(21)15-11(2)19-18(22)20-16(15)12-6-7-13(23-3)14(10-12)24-4/h6-7,10,16H,5,8-9H2,1-4H3,(H2,19,20,22)/t16-/m0/s1. The lowest BCUT2D eigenvalue weighted by Crippen LogP contribution is -2.45. The zero-order valence-electron chi connectivity index (χ0n) is 15.4. The number of methoxy groups -OCH3 is 2. The number of nitrogens with one attached hydrogen (secondary N) is 2. The molecule has 1 aromatic carbocycles. The van der Waals surface area contributed by atoms with Gasteiger partial charge in [0.25, 0.3) is 0 Å². The maximum absolute atomic E-state index is 12.6. The van der Waals surface area contributed by atoms with Gasteiger partial charge in [0, 0.05) is 12.3 Å². The van der Waals surface area contributed by atoms with Crippen LogP contribution in [0.25, 0.3) is 0 Å². The average Bonchev–Trinajstić information content (AvgIpc) is 2.63. The van der Waals surface area contributed by atoms with E-state index in [1.54, 1.807) is 25.1 Å². The van der Waals surface area contributed by atoms with Crippen LogP contribution in [-0.2, 0) is 14.3 Å². The number of amides is 2. The van der Waals surface area contributed by atoms with Gasteiger partial charge >= 0.3 is 12.0 Å². The largest absolute Gasteiger partial charge is 0.493 e. The maximum atomic E-state index is 12.6. The summed E-state index contributed by atoms with van der Waals surface area (Å²) in [6.07, 6.45) is 0. The van der Waals surface area contributed by atoms with Crippen LogP contribution in [0.2, 0.25) is 0 Å². The lowest BCUT2D eigenvalue weighted by molar-refractivity contribution is -0.141. The smallest absolute Gasteiger partial charge is 0.338 e. The second-order valence-electron chi connectivity index (χ2n) is 5.52. The number of ether oxygens (including phenoxy) is 4. The second kappa shape index (κ2) is 9.10. The molecule has 2 N–H and O–H groups in total. The van der Waals surface area contributed by atoms with Crippen LogP contribution in [0, 0.1) is 0 Å². The summed E-state index contributed by atoms with van der Waals surface area (Å²) < 4.78 is 21.0. The molecule has 2 rings (SSSR count). The lowest BCUT2D eigenvalue weighted by Gasteiger charge is -2.28. The first-order valence-corrected chi connectivity index (χ1v) is 8.26. The highest BCUT2D eigenvalue weighted by Gasteiger charge is 2.32. The minimum Gasteiger partial charge on any atom is -0.493 e. The molecule has 0 bridgehead atoms. The molecule has 8 heteroatoms. The topological polar surface area (TPSA) is 95.1 Å². The van der Waals surface area contributed by atoms with E-state index < -0.39 is 18.0 Å². The number of rotatable bonds is 8. The van der Waals surface area contributed by atoms with Crippen LogP contribution in [0.15, 0.2) is 29.5 Å². The van der Waals surface area contributed by atoms with Crippen molar-refractivity contribution in [3.05, 3.63) is 35.0 Å². The lowest BCUT2D eigenvalue weighted by atomic mass is 9.95. The summed E-state index contributed by atoms with van der Waals surface area (Å²) >= 11 is 0. The molecule has 0 aliphatic carbocycles. The molecule has 1 aliphatic rings. The van der Waals surface area contributed by atoms with Crippen molar-refractivity contribution < 1.29 is 28.5 Å². The fourth-order valence-corrected chi connectivity index (χ4v) is 2.66. The summed E-state index contributed by atoms with van der Waals surface area (Å²) in [5.74, 6) is 0.534. The van der Waals surface area contributed by atoms with Crippen molar-refractivity contribution in [2.45, 2.75) is 19.9 Å². The zero-order chi connectivity index (χ0) is 19.1. The minimum absolute atomic E-state index is 0.135. The molecule has 0 unspecified atom stereocenters. The van der Waals surface area contributed by atoms with E-state index in [0.717, 1.165) is 0 Å². The summed E-state index contributed by atoms with van der Waals surface area (Å²) in [5, 5.41) is 5.35. The van der Waals surface area contributed by atoms with Gasteiger partial charge in [0.15, 0.2) is 11.5 Å². The SMILES string of the molecule is CCOCCOC(=O)C1=C(C)NC(=O)N[C@H]1c1ccc(OC)c(OC)c1. The van der Waals surface area contributed by atoms with Crippen molar-refractivity contribution in [3.8, 4) is 11.5 Å². The van der Waals surface area contributed by atoms with Crippen molar-refractivity contribution in [2.75, 3.05) is 34.0 Å². The molecule has 1 heterocycles. The predicted molar refractivity (Wildman–Crippen MR) is 94.1 cm³/mol. The zero-order valence-corrected chi connectivity index (χ0v) is 15.4. The highest BCUT2D eigenvalue weighted by molar-refractivity contribution is 5.95. The van der Waals surface area contributed by atoms with E-state index in [4.69, 9.17) is 18.9 Å². The highest BCUT2D eigenvalue weighted by Crippen LogP contribution is 2.34. The third kappa shape index (κ3) is 4.45. The van der Waals surface area contributed by atoms with E-state index in [9.17, 15) is 9.59 Å². The Balaban J connectivity index is 2.30. The molecule has 0 aromatic heterocycles. The Morgan fingerprint density at radius 1 is 1.15 bits per heavy atom. The van der Waals surface area contributed by atoms with Crippen LogP contribution in [0.5, 0.6) is 11.5 Å². The van der Waals surface area contributed by atoms with Crippen molar-refractivity contribution in [1.29, 1.82) is 0 Å². The summed E-state index contributed by atoms with van der Waals surface area (Å²) in [7, 11) is 3.06. The van der Waals surface area contributed by atoms with Gasteiger partial charge in [-0.2, -0.15) is 0 Å². The summed E-state index contributed by atoms with van der Waals surface area (Å²) in [5.41, 5.74) is 1.44. The third-order valence-electron chi connectivity index (χ3n) is 3.89. The summed E-state index contributed by atoms with van der Waals surface area (Å²) in [4.78, 5) is 24.5. The predicted octanol–water partition coefficient (Wildman–Crippen LogP) is 1.91. The molecule has 0 spiro atoms. The molecule has 0 saturated carbocycles. The van der Waals surface area contributed by atoms with E-state index in [1.807, 2.05) is 6.92 Å². The van der Waals surface area contributed by atoms with Crippen LogP contribution in [0.3, 0.4) is 0 Å². The molecule has 142 valence electrons. The van der Waals surface area contributed by atoms with Crippen molar-refractivity contribution in [2.24, 2.45) is 0 Å². The Morgan fingerprint density at radius 2 is 1.88 bits per heavy atom. The average molecular weight is 364 g/mol. The molecule has 2 amide bonds. The molecule has 0 radical (unpaired) electrons. The molecular weight excluding hydrogens is 340 g/mol. The molecule has 0 saturated heterocycles. The number of carbonyl (C=O) groups excluding carboxylic acids is 2. The van der Waals surface area contributed by atoms with Crippen LogP contribution < -0.4 is 20.1 Å². The number of urea groups is 1. The van der Waals surface area contributed by atoms with E-state index in [1.165, 1.54) is 14.2 Å². The van der Waals surface area contributed by atoms with Crippen LogP contribution >= 0.6 is 0 Å². The van der Waals surface area contributed by atoms with E-state index in [-0.39, 0.29) is 6.61 Å². The van der Waals surface area contributed by atoms with Gasteiger partial charge in [0.1, 0.15) is 6.61 Å². The van der Waals surface area contributed by atoms with Gasteiger partial charge in [0.2, 0.25) is 0 Å². The van der Waals surface area contributed by atoms with Gasteiger partial charge in [-0.1, -0.05) is 6.07 Å². The molecule has 0 fully saturated rings. The fourth-order valence-electron chi connectivity index (χ4n) is 2.66. The molecule has 1 aliphatic heterocycles. The van der Waals surface area contributed by atoms with Gasteiger partial charge in [0.05, 0.1) is 32.4 Å². The number of esters is 1. The first-order valence-electron chi connectivity index (χ1n) is 8.26. The van der Waals surface area contributed by atoms with Gasteiger partial charge in [-0.15, -0.1) is 0 Å². The summed E-state index contributed by atoms with van der Waals surface area (Å²) in [6.45, 7) is 4.52. The molecule has 1 aromatic rings. The van der Waals surface area contributed by atoms with Crippen LogP contribution in [0.4, 0.5) is 4.79 Å². The van der Waals surface area contributed by atoms with Gasteiger partial charge in [-0.3, -0.25) is 0 Å². The van der Waals surface area contributed by atoms with E-state index >= 15 is 0 Å². The van der Waals surface area contributed by atoms with Crippen LogP contribution in [0.1, 0.15) is 25.5 Å². The number of hydrogen-bond donors (Lipinski definition) is 2. The third-order valence-corrected chi connectivity index (χ3v) is 3.89. The first-order chi connectivity index (χ1) is 12.5. The van der Waals surface area contributed by atoms with Crippen molar-refractivity contribution >= 4 is 12.0 Å². The fraction of sp³-hybridized carbons (Fsp3) is 0.444. The van der Waals surface area contributed by atoms with Gasteiger partial charge in [-0.25, -0.2) is 9.59 Å². The second-order valence-corrected chi connectivity index (χ2v) is 5.52. The number of carbonyl (C=O) groups is 2. The van der Waals surface area contributed by atoms with Crippen molar-refractivity contribution in [3.63, 3.8) is 0 Å². The maximum Gasteiger partial charge on any atom is 0.338 e. The van der Waals surface area contributed by atoms with E-state index in [0.29, 0.717) is 41.5 Å². The van der Waals surface area contributed by atoms with Gasteiger partial charge in [-0.05, 0) is 31.5 Å². The Bertz CT molecular complexity index is 701. The van der Waals surface area contributed by atoms with Crippen LogP contribution in [-0.4, -0.2) is 46.0 Å². The Hall–Kier alpha value is -2.74. The molecular formula is C18H24N2O6. The summed E-state index contributed by atoms with van der Waals surface area (Å²) in [6, 6.07) is 4.14. The number of benzene rings is 1. The van der Waals surface area contributed by atoms with Gasteiger partial charge < -0.3 is 29.6 Å². The minimum atomic E-state index is -0.664. The Morgan fingerprint density at radius 3 is 2.54 bits per heavy atom. The highest BCUT2D eigenvalue weighted by atomic mass is 16.6. The molecule has 1 atom stereocenters. The van der Waals surface area contributed by atoms with E-state index in [2.05, 4.69) is 10.6 Å². The van der Waals surface area contributed by atoms with Crippen molar-refractivity contribution in [1.82, 2.24) is 10.6 Å². The Kier molecular flexibility index (Phi) is 6.85. The normalized spacial score (nSPS) is 16.6. The first kappa shape index (κ1) is 19.6. The molecule has 26 heavy (non-hydrogen) atoms. The number of hydrogen-bond acceptors (Lipinski definition) is 6. The monoisotopic (exact) mass is 364 g/mol.